The lowest BCUT2D eigenvalue weighted by molar-refractivity contribution is 0.0745. The van der Waals surface area contributed by atoms with Gasteiger partial charge in [0.15, 0.2) is 0 Å². The van der Waals surface area contributed by atoms with Crippen molar-refractivity contribution in [2.45, 2.75) is 20.4 Å². The molecule has 1 amide bonds. The van der Waals surface area contributed by atoms with Gasteiger partial charge in [-0.25, -0.2) is 4.98 Å². The maximum absolute atomic E-state index is 13.0. The largest absolute Gasteiger partial charge is 0.350 e. The number of benzene rings is 1. The van der Waals surface area contributed by atoms with Crippen molar-refractivity contribution in [1.29, 1.82) is 0 Å². The van der Waals surface area contributed by atoms with Crippen LogP contribution in [0.1, 0.15) is 28.7 Å². The number of aryl methyl sites for hydroxylation is 3. The predicted molar refractivity (Wildman–Crippen MR) is 97.5 cm³/mol. The Morgan fingerprint density at radius 2 is 2.00 bits per heavy atom. The molecule has 0 bridgehead atoms. The SMILES string of the molecule is CCN(Cc1nccn1C)C(=O)c1cn(C)c2ccc(C)cc2c1=O. The predicted octanol–water partition coefficient (Wildman–Crippen LogP) is 2.24. The second kappa shape index (κ2) is 6.55. The van der Waals surface area contributed by atoms with E-state index in [0.29, 0.717) is 18.5 Å². The minimum atomic E-state index is -0.269. The number of hydrogen-bond acceptors (Lipinski definition) is 3. The van der Waals surface area contributed by atoms with Crippen molar-refractivity contribution < 1.29 is 4.79 Å². The maximum atomic E-state index is 13.0. The van der Waals surface area contributed by atoms with Crippen LogP contribution in [0.2, 0.25) is 0 Å². The van der Waals surface area contributed by atoms with Crippen LogP contribution in [0.4, 0.5) is 0 Å². The lowest BCUT2D eigenvalue weighted by atomic mass is 10.1. The number of amides is 1. The molecule has 1 aromatic carbocycles. The van der Waals surface area contributed by atoms with Crippen LogP contribution in [-0.2, 0) is 20.6 Å². The Hall–Kier alpha value is -2.89. The van der Waals surface area contributed by atoms with E-state index >= 15 is 0 Å². The van der Waals surface area contributed by atoms with Crippen LogP contribution in [0.3, 0.4) is 0 Å². The van der Waals surface area contributed by atoms with Gasteiger partial charge < -0.3 is 14.0 Å². The van der Waals surface area contributed by atoms with Crippen LogP contribution in [-0.4, -0.2) is 31.5 Å². The summed E-state index contributed by atoms with van der Waals surface area (Å²) >= 11 is 0. The molecule has 0 fully saturated rings. The third-order valence-corrected chi connectivity index (χ3v) is 4.50. The first-order valence-corrected chi connectivity index (χ1v) is 8.27. The number of pyridine rings is 1. The molecule has 25 heavy (non-hydrogen) atoms. The van der Waals surface area contributed by atoms with Crippen molar-refractivity contribution in [2.75, 3.05) is 6.54 Å². The van der Waals surface area contributed by atoms with Gasteiger partial charge in [0.2, 0.25) is 5.43 Å². The Bertz CT molecular complexity index is 1000. The molecule has 6 nitrogen and oxygen atoms in total. The fourth-order valence-corrected chi connectivity index (χ4v) is 2.98. The first kappa shape index (κ1) is 17.0. The number of aromatic nitrogens is 3. The topological polar surface area (TPSA) is 60.1 Å². The van der Waals surface area contributed by atoms with E-state index in [1.54, 1.807) is 17.3 Å². The van der Waals surface area contributed by atoms with E-state index in [1.807, 2.05) is 61.5 Å². The van der Waals surface area contributed by atoms with Crippen molar-refractivity contribution in [2.24, 2.45) is 14.1 Å². The van der Waals surface area contributed by atoms with Gasteiger partial charge in [-0.1, -0.05) is 11.6 Å². The Labute approximate surface area is 146 Å². The van der Waals surface area contributed by atoms with E-state index in [-0.39, 0.29) is 16.9 Å². The normalized spacial score (nSPS) is 11.0. The smallest absolute Gasteiger partial charge is 0.259 e. The summed E-state index contributed by atoms with van der Waals surface area (Å²) < 4.78 is 3.70. The highest BCUT2D eigenvalue weighted by molar-refractivity contribution is 5.97. The number of carbonyl (C=O) groups excluding carboxylic acids is 1. The molecule has 0 N–H and O–H groups in total. The Balaban J connectivity index is 2.05. The van der Waals surface area contributed by atoms with Crippen LogP contribution in [0.5, 0.6) is 0 Å². The summed E-state index contributed by atoms with van der Waals surface area (Å²) in [7, 11) is 3.74. The molecule has 0 aliphatic heterocycles. The van der Waals surface area contributed by atoms with Crippen molar-refractivity contribution in [3.8, 4) is 0 Å². The quantitative estimate of drug-likeness (QED) is 0.733. The third-order valence-electron chi connectivity index (χ3n) is 4.50. The highest BCUT2D eigenvalue weighted by Gasteiger charge is 2.21. The molecule has 0 aliphatic carbocycles. The summed E-state index contributed by atoms with van der Waals surface area (Å²) in [6.07, 6.45) is 5.17. The summed E-state index contributed by atoms with van der Waals surface area (Å²) in [5.74, 6) is 0.512. The average molecular weight is 338 g/mol. The van der Waals surface area contributed by atoms with Gasteiger partial charge in [-0.3, -0.25) is 9.59 Å². The zero-order chi connectivity index (χ0) is 18.1. The van der Waals surface area contributed by atoms with Crippen molar-refractivity contribution in [3.63, 3.8) is 0 Å². The van der Waals surface area contributed by atoms with Crippen LogP contribution in [0.25, 0.3) is 10.9 Å². The molecule has 0 unspecified atom stereocenters. The van der Waals surface area contributed by atoms with Gasteiger partial charge in [-0.05, 0) is 26.0 Å². The maximum Gasteiger partial charge on any atom is 0.259 e. The van der Waals surface area contributed by atoms with Crippen molar-refractivity contribution >= 4 is 16.8 Å². The standard InChI is InChI=1S/C19H22N4O2/c1-5-23(12-17-20-8-9-21(17)3)19(25)15-11-22(4)16-7-6-13(2)10-14(16)18(15)24/h6-11H,5,12H2,1-4H3. The monoisotopic (exact) mass is 338 g/mol. The highest BCUT2D eigenvalue weighted by atomic mass is 16.2. The third kappa shape index (κ3) is 3.07. The molecule has 130 valence electrons. The number of nitrogens with zero attached hydrogens (tertiary/aromatic N) is 4. The molecule has 6 heteroatoms. The minimum Gasteiger partial charge on any atom is -0.350 e. The Kier molecular flexibility index (Phi) is 4.44. The molecule has 0 saturated heterocycles. The van der Waals surface area contributed by atoms with Crippen LogP contribution in [0, 0.1) is 6.92 Å². The molecule has 0 aliphatic rings. The van der Waals surface area contributed by atoms with Crippen molar-refractivity contribution in [1.82, 2.24) is 19.0 Å². The zero-order valence-electron chi connectivity index (χ0n) is 15.0. The lowest BCUT2D eigenvalue weighted by Crippen LogP contribution is -2.35. The van der Waals surface area contributed by atoms with Gasteiger partial charge in [0, 0.05) is 44.6 Å². The van der Waals surface area contributed by atoms with Crippen LogP contribution in [0.15, 0.2) is 41.6 Å². The van der Waals surface area contributed by atoms with Gasteiger partial charge in [0.05, 0.1) is 12.1 Å². The first-order valence-electron chi connectivity index (χ1n) is 8.27. The lowest BCUT2D eigenvalue weighted by Gasteiger charge is -2.21. The summed E-state index contributed by atoms with van der Waals surface area (Å²) in [4.78, 5) is 31.8. The molecule has 0 radical (unpaired) electrons. The van der Waals surface area contributed by atoms with Crippen LogP contribution < -0.4 is 5.43 Å². The molecule has 2 aromatic heterocycles. The Morgan fingerprint density at radius 1 is 1.24 bits per heavy atom. The zero-order valence-corrected chi connectivity index (χ0v) is 15.0. The van der Waals surface area contributed by atoms with E-state index in [1.165, 1.54) is 0 Å². The number of imidazole rings is 1. The summed E-state index contributed by atoms with van der Waals surface area (Å²) in [5, 5.41) is 0.571. The number of carbonyl (C=O) groups is 1. The van der Waals surface area contributed by atoms with E-state index in [4.69, 9.17) is 0 Å². The minimum absolute atomic E-state index is 0.191. The molecule has 0 atom stereocenters. The average Bonchev–Trinajstić information content (AvgIpc) is 3.00. The fourth-order valence-electron chi connectivity index (χ4n) is 2.98. The van der Waals surface area contributed by atoms with Crippen LogP contribution >= 0.6 is 0 Å². The van der Waals surface area contributed by atoms with E-state index in [2.05, 4.69) is 4.98 Å². The number of fused-ring (bicyclic) bond motifs is 1. The molecule has 3 aromatic rings. The van der Waals surface area contributed by atoms with Crippen molar-refractivity contribution in [3.05, 3.63) is 64.0 Å². The first-order chi connectivity index (χ1) is 11.9. The van der Waals surface area contributed by atoms with Gasteiger partial charge in [0.1, 0.15) is 11.4 Å². The van der Waals surface area contributed by atoms with E-state index in [9.17, 15) is 9.59 Å². The number of hydrogen-bond donors (Lipinski definition) is 0. The van der Waals surface area contributed by atoms with E-state index in [0.717, 1.165) is 16.9 Å². The van der Waals surface area contributed by atoms with Gasteiger partial charge in [-0.15, -0.1) is 0 Å². The number of rotatable bonds is 4. The molecular formula is C19H22N4O2. The molecule has 3 rings (SSSR count). The van der Waals surface area contributed by atoms with Gasteiger partial charge >= 0.3 is 0 Å². The second-order valence-electron chi connectivity index (χ2n) is 6.28. The van der Waals surface area contributed by atoms with Gasteiger partial charge in [0.25, 0.3) is 5.91 Å². The summed E-state index contributed by atoms with van der Waals surface area (Å²) in [6.45, 7) is 4.71. The fraction of sp³-hybridized carbons (Fsp3) is 0.316. The second-order valence-corrected chi connectivity index (χ2v) is 6.28. The Morgan fingerprint density at radius 3 is 2.64 bits per heavy atom. The molecular weight excluding hydrogens is 316 g/mol. The highest BCUT2D eigenvalue weighted by Crippen LogP contribution is 2.14. The van der Waals surface area contributed by atoms with Gasteiger partial charge in [-0.2, -0.15) is 0 Å². The summed E-state index contributed by atoms with van der Waals surface area (Å²) in [5.41, 5.74) is 1.78. The summed E-state index contributed by atoms with van der Waals surface area (Å²) in [6, 6.07) is 5.71. The van der Waals surface area contributed by atoms with E-state index < -0.39 is 0 Å². The molecule has 0 spiro atoms. The molecule has 2 heterocycles. The molecule has 0 saturated carbocycles.